The first-order valence-electron chi connectivity index (χ1n) is 13.6. The summed E-state index contributed by atoms with van der Waals surface area (Å²) in [4.78, 5) is 24.7. The van der Waals surface area contributed by atoms with Gasteiger partial charge in [0.2, 0.25) is 0 Å². The van der Waals surface area contributed by atoms with Crippen LogP contribution in [0.2, 0.25) is 5.02 Å². The molecule has 2 aromatic carbocycles. The van der Waals surface area contributed by atoms with E-state index in [1.165, 1.54) is 16.0 Å². The maximum atomic E-state index is 14.3. The van der Waals surface area contributed by atoms with Crippen LogP contribution in [-0.2, 0) is 22.5 Å². The fraction of sp³-hybridized carbons (Fsp3) is 0.310. The first-order valence-corrected chi connectivity index (χ1v) is 14.8. The predicted octanol–water partition coefficient (Wildman–Crippen LogP) is 4.98. The molecule has 1 fully saturated rings. The summed E-state index contributed by atoms with van der Waals surface area (Å²) >= 11 is 8.14. The summed E-state index contributed by atoms with van der Waals surface area (Å²) in [7, 11) is 1.59. The Kier molecular flexibility index (Phi) is 7.04. The number of alkyl halides is 1. The number of amides is 1. The van der Waals surface area contributed by atoms with E-state index in [0.717, 1.165) is 29.9 Å². The lowest BCUT2D eigenvalue weighted by Gasteiger charge is -2.29. The maximum absolute atomic E-state index is 14.3. The molecule has 13 heteroatoms. The zero-order valence-electron chi connectivity index (χ0n) is 22.7. The summed E-state index contributed by atoms with van der Waals surface area (Å²) in [5.74, 6) is 0.140. The Balaban J connectivity index is 1.30. The number of nitrogens with one attached hydrogen (secondary N) is 1. The van der Waals surface area contributed by atoms with Crippen LogP contribution in [0.15, 0.2) is 54.4 Å². The van der Waals surface area contributed by atoms with Gasteiger partial charge in [-0.05, 0) is 23.8 Å². The maximum Gasteiger partial charge on any atom is 0.257 e. The molecule has 0 radical (unpaired) electrons. The number of carbonyl (C=O) groups excluding carboxylic acids is 1. The molecule has 0 saturated carbocycles. The second-order valence-electron chi connectivity index (χ2n) is 10.2. The van der Waals surface area contributed by atoms with E-state index in [-0.39, 0.29) is 13.0 Å². The quantitative estimate of drug-likeness (QED) is 0.279. The molecule has 1 unspecified atom stereocenters. The molecule has 1 N–H and O–H groups in total. The van der Waals surface area contributed by atoms with E-state index in [1.807, 2.05) is 18.2 Å². The van der Waals surface area contributed by atoms with Crippen molar-refractivity contribution < 1.29 is 18.7 Å². The van der Waals surface area contributed by atoms with Gasteiger partial charge in [-0.1, -0.05) is 23.7 Å². The van der Waals surface area contributed by atoms with E-state index in [9.17, 15) is 9.18 Å². The van der Waals surface area contributed by atoms with Crippen molar-refractivity contribution in [2.24, 2.45) is 0 Å². The van der Waals surface area contributed by atoms with E-state index in [2.05, 4.69) is 32.3 Å². The third kappa shape index (κ3) is 4.79. The van der Waals surface area contributed by atoms with Crippen molar-refractivity contribution in [3.63, 3.8) is 0 Å². The van der Waals surface area contributed by atoms with Crippen molar-refractivity contribution in [3.05, 3.63) is 70.8 Å². The van der Waals surface area contributed by atoms with Gasteiger partial charge in [-0.2, -0.15) is 5.10 Å². The van der Waals surface area contributed by atoms with Crippen LogP contribution in [0.3, 0.4) is 0 Å². The average Bonchev–Trinajstić information content (AvgIpc) is 3.81. The number of hydrogen-bond donors (Lipinski definition) is 1. The van der Waals surface area contributed by atoms with Crippen LogP contribution in [0.25, 0.3) is 22.0 Å². The third-order valence-corrected chi connectivity index (χ3v) is 8.70. The van der Waals surface area contributed by atoms with Crippen molar-refractivity contribution in [2.75, 3.05) is 43.6 Å². The number of aromatic nitrogens is 5. The highest BCUT2D eigenvalue weighted by molar-refractivity contribution is 7.13. The number of anilines is 2. The minimum atomic E-state index is -1.03. The summed E-state index contributed by atoms with van der Waals surface area (Å²) < 4.78 is 29.0. The highest BCUT2D eigenvalue weighted by atomic mass is 35.5. The molecule has 2 aliphatic heterocycles. The van der Waals surface area contributed by atoms with Gasteiger partial charge in [-0.15, -0.1) is 11.3 Å². The number of carbonyl (C=O) groups is 1. The lowest BCUT2D eigenvalue weighted by molar-refractivity contribution is -0.118. The van der Waals surface area contributed by atoms with Gasteiger partial charge in [0.05, 0.1) is 43.9 Å². The van der Waals surface area contributed by atoms with Crippen LogP contribution in [-0.4, -0.2) is 69.8 Å². The van der Waals surface area contributed by atoms with E-state index >= 15 is 0 Å². The zero-order valence-corrected chi connectivity index (χ0v) is 24.2. The van der Waals surface area contributed by atoms with Crippen molar-refractivity contribution in [1.82, 2.24) is 24.3 Å². The first-order chi connectivity index (χ1) is 20.5. The van der Waals surface area contributed by atoms with Gasteiger partial charge in [0.25, 0.3) is 5.91 Å². The van der Waals surface area contributed by atoms with Crippen molar-refractivity contribution in [1.29, 1.82) is 0 Å². The zero-order chi connectivity index (χ0) is 28.8. The Morgan fingerprint density at radius 1 is 1.24 bits per heavy atom. The molecule has 2 aliphatic rings. The van der Waals surface area contributed by atoms with E-state index in [0.29, 0.717) is 51.4 Å². The Morgan fingerprint density at radius 2 is 2.05 bits per heavy atom. The van der Waals surface area contributed by atoms with Crippen LogP contribution in [0.5, 0.6) is 5.75 Å². The number of halogens is 2. The molecule has 0 aliphatic carbocycles. The highest BCUT2D eigenvalue weighted by Crippen LogP contribution is 2.41. The van der Waals surface area contributed by atoms with Crippen LogP contribution >= 0.6 is 22.9 Å². The van der Waals surface area contributed by atoms with Crippen LogP contribution < -0.4 is 15.0 Å². The van der Waals surface area contributed by atoms with E-state index in [4.69, 9.17) is 26.2 Å². The van der Waals surface area contributed by atoms with Gasteiger partial charge >= 0.3 is 0 Å². The van der Waals surface area contributed by atoms with E-state index in [1.54, 1.807) is 35.8 Å². The lowest BCUT2D eigenvalue weighted by Crippen LogP contribution is -2.36. The number of benzene rings is 2. The van der Waals surface area contributed by atoms with Crippen molar-refractivity contribution in [2.45, 2.75) is 25.2 Å². The van der Waals surface area contributed by atoms with Crippen LogP contribution in [0.4, 0.5) is 15.2 Å². The summed E-state index contributed by atoms with van der Waals surface area (Å²) in [5, 5.41) is 11.0. The molecule has 5 heterocycles. The topological polar surface area (TPSA) is 99.3 Å². The fourth-order valence-electron chi connectivity index (χ4n) is 5.71. The summed E-state index contributed by atoms with van der Waals surface area (Å²) in [6, 6.07) is 9.09. The molecular weight excluding hydrogens is 581 g/mol. The molecule has 7 rings (SSSR count). The molecule has 2 atom stereocenters. The minimum absolute atomic E-state index is 0.172. The summed E-state index contributed by atoms with van der Waals surface area (Å²) in [5.41, 5.74) is 4.42. The molecule has 5 aromatic rings. The van der Waals surface area contributed by atoms with Gasteiger partial charge in [0, 0.05) is 59.6 Å². The monoisotopic (exact) mass is 607 g/mol. The molecule has 0 bridgehead atoms. The average molecular weight is 608 g/mol. The molecular formula is C29H27ClFN7O3S. The standard InChI is InChI=1S/C29H27ClFN7O3S/c1-40-27-20(17-2-4-19(5-3-17)36-7-9-41-10-8-36)13-22(30)21-15-38(35-24(21)27)26(28(39)34-29-32-6-11-42-29)25-23-12-18(31)14-37(23)16-33-25/h2-6,11,13,15-16,18,26H,7-10,12,14H2,1H3,(H,32,34,39)/t18-,26?/m1/s1. The second kappa shape index (κ2) is 11.0. The van der Waals surface area contributed by atoms with Gasteiger partial charge in [0.1, 0.15) is 11.7 Å². The molecule has 1 amide bonds. The second-order valence-corrected chi connectivity index (χ2v) is 11.5. The van der Waals surface area contributed by atoms with Crippen molar-refractivity contribution in [3.8, 4) is 16.9 Å². The van der Waals surface area contributed by atoms with Gasteiger partial charge in [-0.25, -0.2) is 14.4 Å². The van der Waals surface area contributed by atoms with E-state index < -0.39 is 18.1 Å². The van der Waals surface area contributed by atoms with Gasteiger partial charge in [0.15, 0.2) is 16.9 Å². The van der Waals surface area contributed by atoms with Crippen LogP contribution in [0, 0.1) is 0 Å². The fourth-order valence-corrected chi connectivity index (χ4v) is 6.48. The molecule has 42 heavy (non-hydrogen) atoms. The number of rotatable bonds is 7. The number of nitrogens with zero attached hydrogens (tertiary/aromatic N) is 6. The predicted molar refractivity (Wildman–Crippen MR) is 159 cm³/mol. The molecule has 3 aromatic heterocycles. The van der Waals surface area contributed by atoms with Crippen LogP contribution in [0.1, 0.15) is 17.4 Å². The molecule has 1 saturated heterocycles. The Morgan fingerprint density at radius 3 is 2.79 bits per heavy atom. The SMILES string of the molecule is COc1c(-c2ccc(N3CCOCC3)cc2)cc(Cl)c2cn(C(C(=O)Nc3nccs3)c3ncn4c3C[C@@H](F)C4)nc12. The van der Waals surface area contributed by atoms with Gasteiger partial charge in [-0.3, -0.25) is 14.8 Å². The number of hydrogen-bond acceptors (Lipinski definition) is 8. The Labute approximate surface area is 249 Å². The number of imidazole rings is 1. The van der Waals surface area contributed by atoms with Gasteiger partial charge < -0.3 is 18.9 Å². The number of fused-ring (bicyclic) bond motifs is 2. The minimum Gasteiger partial charge on any atom is -0.494 e. The molecule has 216 valence electrons. The number of ether oxygens (including phenoxy) is 2. The first kappa shape index (κ1) is 26.9. The third-order valence-electron chi connectivity index (χ3n) is 7.70. The summed E-state index contributed by atoms with van der Waals surface area (Å²) in [6.07, 6.45) is 4.03. The number of morpholine rings is 1. The number of thiazole rings is 1. The molecule has 10 nitrogen and oxygen atoms in total. The highest BCUT2D eigenvalue weighted by Gasteiger charge is 2.35. The lowest BCUT2D eigenvalue weighted by atomic mass is 10.0. The largest absolute Gasteiger partial charge is 0.494 e. The smallest absolute Gasteiger partial charge is 0.257 e. The summed E-state index contributed by atoms with van der Waals surface area (Å²) in [6.45, 7) is 3.33. The Bertz CT molecular complexity index is 1750. The normalized spacial score (nSPS) is 17.4. The van der Waals surface area contributed by atoms with Crippen molar-refractivity contribution >= 4 is 50.6 Å². The molecule has 0 spiro atoms. The Hall–Kier alpha value is -4.00. The number of methoxy groups -OCH3 is 1.